The van der Waals surface area contributed by atoms with Crippen molar-refractivity contribution >= 4 is 21.7 Å². The van der Waals surface area contributed by atoms with E-state index >= 15 is 0 Å². The van der Waals surface area contributed by atoms with Crippen LogP contribution < -0.4 is 5.32 Å². The summed E-state index contributed by atoms with van der Waals surface area (Å²) in [5.74, 6) is -0.441. The minimum Gasteiger partial charge on any atom is -0.321 e. The third-order valence-electron chi connectivity index (χ3n) is 3.68. The lowest BCUT2D eigenvalue weighted by molar-refractivity contribution is 0.102. The van der Waals surface area contributed by atoms with Crippen molar-refractivity contribution in [3.63, 3.8) is 0 Å². The van der Waals surface area contributed by atoms with Gasteiger partial charge in [-0.1, -0.05) is 39.0 Å². The normalized spacial score (nSPS) is 12.0. The van der Waals surface area contributed by atoms with Crippen LogP contribution in [-0.2, 0) is 15.5 Å². The summed E-state index contributed by atoms with van der Waals surface area (Å²) in [6.45, 7) is 7.93. The summed E-state index contributed by atoms with van der Waals surface area (Å²) in [5, 5.41) is 2.54. The maximum absolute atomic E-state index is 12.4. The molecular weight excluding hydrogens is 326 g/mol. The predicted molar refractivity (Wildman–Crippen MR) is 94.1 cm³/mol. The fourth-order valence-corrected chi connectivity index (χ4v) is 2.99. The van der Waals surface area contributed by atoms with Gasteiger partial charge < -0.3 is 5.32 Å². The summed E-state index contributed by atoms with van der Waals surface area (Å²) in [4.78, 5) is 12.0. The lowest BCUT2D eigenvalue weighted by atomic mass is 9.87. The number of nitrogens with one attached hydrogen (secondary N) is 1. The first-order valence-electron chi connectivity index (χ1n) is 7.48. The molecule has 2 aromatic rings. The second-order valence-electron chi connectivity index (χ2n) is 6.76. The topological polar surface area (TPSA) is 83.5 Å². The second kappa shape index (κ2) is 6.37. The van der Waals surface area contributed by atoms with Gasteiger partial charge in [0.05, 0.1) is 5.69 Å². The van der Waals surface area contributed by atoms with Crippen molar-refractivity contribution in [3.8, 4) is 0 Å². The zero-order valence-corrected chi connectivity index (χ0v) is 14.9. The van der Waals surface area contributed by atoms with Gasteiger partial charge in [-0.15, -0.1) is 0 Å². The lowest BCUT2D eigenvalue weighted by Crippen LogP contribution is -2.16. The van der Waals surface area contributed by atoms with E-state index in [4.69, 9.17) is 0 Å². The number of carbonyl (C=O) groups is 1. The SMILES string of the molecule is Cc1ccc(NC(=O)c2ccc(C(C)(C)C)cc2)c(S(=O)(=O)O)c1. The molecule has 0 aliphatic carbocycles. The van der Waals surface area contributed by atoms with Crippen LogP contribution in [0.25, 0.3) is 0 Å². The molecule has 24 heavy (non-hydrogen) atoms. The van der Waals surface area contributed by atoms with Gasteiger partial charge in [0.1, 0.15) is 4.90 Å². The number of carbonyl (C=O) groups excluding carboxylic acids is 1. The number of hydrogen-bond donors (Lipinski definition) is 2. The molecule has 1 amide bonds. The number of hydrogen-bond acceptors (Lipinski definition) is 3. The molecule has 0 unspecified atom stereocenters. The quantitative estimate of drug-likeness (QED) is 0.828. The summed E-state index contributed by atoms with van der Waals surface area (Å²) >= 11 is 0. The van der Waals surface area contributed by atoms with Gasteiger partial charge in [-0.05, 0) is 47.7 Å². The summed E-state index contributed by atoms with van der Waals surface area (Å²) in [7, 11) is -4.42. The largest absolute Gasteiger partial charge is 0.321 e. The van der Waals surface area contributed by atoms with Crippen molar-refractivity contribution in [2.75, 3.05) is 5.32 Å². The van der Waals surface area contributed by atoms with Gasteiger partial charge >= 0.3 is 0 Å². The molecule has 0 fully saturated rings. The molecule has 6 heteroatoms. The van der Waals surface area contributed by atoms with E-state index in [9.17, 15) is 17.8 Å². The number of aryl methyl sites for hydroxylation is 1. The highest BCUT2D eigenvalue weighted by Gasteiger charge is 2.19. The lowest BCUT2D eigenvalue weighted by Gasteiger charge is -2.19. The minimum absolute atomic E-state index is 0.0237. The average molecular weight is 347 g/mol. The Kier molecular flexibility index (Phi) is 4.82. The molecule has 0 aliphatic rings. The van der Waals surface area contributed by atoms with Crippen LogP contribution in [0.4, 0.5) is 5.69 Å². The van der Waals surface area contributed by atoms with Crippen LogP contribution in [0.3, 0.4) is 0 Å². The molecule has 0 spiro atoms. The molecule has 5 nitrogen and oxygen atoms in total. The number of amides is 1. The highest BCUT2D eigenvalue weighted by molar-refractivity contribution is 7.86. The highest BCUT2D eigenvalue weighted by Crippen LogP contribution is 2.25. The Morgan fingerprint density at radius 1 is 1.04 bits per heavy atom. The van der Waals surface area contributed by atoms with Crippen LogP contribution in [0, 0.1) is 6.92 Å². The van der Waals surface area contributed by atoms with Crippen LogP contribution >= 0.6 is 0 Å². The van der Waals surface area contributed by atoms with E-state index in [0.29, 0.717) is 11.1 Å². The molecule has 128 valence electrons. The molecule has 2 rings (SSSR count). The van der Waals surface area contributed by atoms with Crippen molar-refractivity contribution in [2.24, 2.45) is 0 Å². The molecule has 0 aromatic heterocycles. The molecule has 2 N–H and O–H groups in total. The van der Waals surface area contributed by atoms with Gasteiger partial charge in [0.15, 0.2) is 0 Å². The third kappa shape index (κ3) is 4.21. The first-order chi connectivity index (χ1) is 11.0. The summed E-state index contributed by atoms with van der Waals surface area (Å²) in [5.41, 5.74) is 2.19. The van der Waals surface area contributed by atoms with E-state index < -0.39 is 16.0 Å². The summed E-state index contributed by atoms with van der Waals surface area (Å²) in [6, 6.07) is 11.6. The third-order valence-corrected chi connectivity index (χ3v) is 4.57. The van der Waals surface area contributed by atoms with Gasteiger partial charge in [0.25, 0.3) is 16.0 Å². The average Bonchev–Trinajstić information content (AvgIpc) is 2.47. The van der Waals surface area contributed by atoms with E-state index in [-0.39, 0.29) is 16.0 Å². The zero-order chi connectivity index (χ0) is 18.1. The van der Waals surface area contributed by atoms with Crippen LogP contribution in [0.5, 0.6) is 0 Å². The molecule has 0 radical (unpaired) electrons. The predicted octanol–water partition coefficient (Wildman–Crippen LogP) is 3.79. The van der Waals surface area contributed by atoms with E-state index in [1.165, 1.54) is 12.1 Å². The molecular formula is C18H21NO4S. The van der Waals surface area contributed by atoms with Crippen LogP contribution in [0.15, 0.2) is 47.4 Å². The monoisotopic (exact) mass is 347 g/mol. The van der Waals surface area contributed by atoms with E-state index in [1.54, 1.807) is 25.1 Å². The Morgan fingerprint density at radius 3 is 2.12 bits per heavy atom. The molecule has 0 saturated carbocycles. The molecule has 0 atom stereocenters. The Balaban J connectivity index is 2.31. The van der Waals surface area contributed by atoms with E-state index in [1.807, 2.05) is 12.1 Å². The van der Waals surface area contributed by atoms with Gasteiger partial charge in [-0.3, -0.25) is 9.35 Å². The van der Waals surface area contributed by atoms with Crippen LogP contribution in [0.1, 0.15) is 42.3 Å². The molecule has 0 aliphatic heterocycles. The van der Waals surface area contributed by atoms with Crippen molar-refractivity contribution < 1.29 is 17.8 Å². The molecule has 0 saturated heterocycles. The van der Waals surface area contributed by atoms with Crippen LogP contribution in [-0.4, -0.2) is 18.9 Å². The molecule has 0 heterocycles. The Bertz CT molecular complexity index is 863. The highest BCUT2D eigenvalue weighted by atomic mass is 32.2. The van der Waals surface area contributed by atoms with E-state index in [2.05, 4.69) is 26.1 Å². The van der Waals surface area contributed by atoms with Crippen molar-refractivity contribution in [1.29, 1.82) is 0 Å². The first kappa shape index (κ1) is 18.2. The number of rotatable bonds is 3. The zero-order valence-electron chi connectivity index (χ0n) is 14.1. The van der Waals surface area contributed by atoms with Crippen molar-refractivity contribution in [1.82, 2.24) is 0 Å². The minimum atomic E-state index is -4.42. The summed E-state index contributed by atoms with van der Waals surface area (Å²) < 4.78 is 32.3. The van der Waals surface area contributed by atoms with Crippen LogP contribution in [0.2, 0.25) is 0 Å². The number of anilines is 1. The Labute approximate surface area is 142 Å². The van der Waals surface area contributed by atoms with Gasteiger partial charge in [0, 0.05) is 5.56 Å². The Morgan fingerprint density at radius 2 is 1.62 bits per heavy atom. The number of benzene rings is 2. The molecule has 2 aromatic carbocycles. The maximum Gasteiger partial charge on any atom is 0.296 e. The van der Waals surface area contributed by atoms with Gasteiger partial charge in [-0.2, -0.15) is 8.42 Å². The van der Waals surface area contributed by atoms with Gasteiger partial charge in [-0.25, -0.2) is 0 Å². The van der Waals surface area contributed by atoms with Crippen molar-refractivity contribution in [2.45, 2.75) is 38.0 Å². The smallest absolute Gasteiger partial charge is 0.296 e. The fourth-order valence-electron chi connectivity index (χ4n) is 2.26. The Hall–Kier alpha value is -2.18. The summed E-state index contributed by atoms with van der Waals surface area (Å²) in [6.07, 6.45) is 0. The maximum atomic E-state index is 12.4. The van der Waals surface area contributed by atoms with E-state index in [0.717, 1.165) is 5.56 Å². The first-order valence-corrected chi connectivity index (χ1v) is 8.92. The van der Waals surface area contributed by atoms with Gasteiger partial charge in [0.2, 0.25) is 0 Å². The molecule has 0 bridgehead atoms. The standard InChI is InChI=1S/C18H21NO4S/c1-12-5-10-15(16(11-12)24(21,22)23)19-17(20)13-6-8-14(9-7-13)18(2,3)4/h5-11H,1-4H3,(H,19,20)(H,21,22,23). The second-order valence-corrected chi connectivity index (χ2v) is 8.15. The van der Waals surface area contributed by atoms with Crippen molar-refractivity contribution in [3.05, 3.63) is 59.2 Å². The fraction of sp³-hybridized carbons (Fsp3) is 0.278.